The van der Waals surface area contributed by atoms with Crippen molar-refractivity contribution in [3.8, 4) is 5.69 Å². The summed E-state index contributed by atoms with van der Waals surface area (Å²) in [5.74, 6) is 0.137. The van der Waals surface area contributed by atoms with Gasteiger partial charge in [-0.3, -0.25) is 0 Å². The van der Waals surface area contributed by atoms with E-state index in [1.165, 1.54) is 6.07 Å². The van der Waals surface area contributed by atoms with Crippen molar-refractivity contribution >= 4 is 21.7 Å². The Morgan fingerprint density at radius 2 is 2.17 bits per heavy atom. The Kier molecular flexibility index (Phi) is 3.65. The molecule has 0 unspecified atom stereocenters. The van der Waals surface area contributed by atoms with Crippen LogP contribution in [0.2, 0.25) is 0 Å². The molecule has 1 aromatic heterocycles. The molecule has 0 amide bonds. The third kappa shape index (κ3) is 2.25. The Balaban J connectivity index is 2.58. The lowest BCUT2D eigenvalue weighted by Crippen LogP contribution is -2.06. The minimum atomic E-state index is -0.290. The van der Waals surface area contributed by atoms with Gasteiger partial charge < -0.3 is 5.73 Å². The number of benzene rings is 1. The number of hydrogen-bond donors (Lipinski definition) is 1. The Hall–Kier alpha value is -1.43. The highest BCUT2D eigenvalue weighted by Gasteiger charge is 2.14. The molecule has 0 saturated heterocycles. The lowest BCUT2D eigenvalue weighted by atomic mass is 10.2. The van der Waals surface area contributed by atoms with Gasteiger partial charge in [-0.1, -0.05) is 18.6 Å². The maximum Gasteiger partial charge on any atom is 0.169 e. The summed E-state index contributed by atoms with van der Waals surface area (Å²) in [6.45, 7) is 3.89. The number of rotatable bonds is 3. The highest BCUT2D eigenvalue weighted by atomic mass is 79.9. The molecule has 0 bridgehead atoms. The largest absolute Gasteiger partial charge is 0.381 e. The van der Waals surface area contributed by atoms with Gasteiger partial charge in [0.2, 0.25) is 0 Å². The average Bonchev–Trinajstić information content (AvgIpc) is 2.67. The third-order valence-electron chi connectivity index (χ3n) is 2.75. The zero-order valence-corrected chi connectivity index (χ0v) is 11.8. The maximum atomic E-state index is 13.4. The summed E-state index contributed by atoms with van der Waals surface area (Å²) in [7, 11) is 0. The van der Waals surface area contributed by atoms with Crippen LogP contribution in [0.15, 0.2) is 16.6 Å². The van der Waals surface area contributed by atoms with Crippen LogP contribution in [0.1, 0.15) is 24.6 Å². The van der Waals surface area contributed by atoms with Crippen LogP contribution in [-0.2, 0) is 6.42 Å². The van der Waals surface area contributed by atoms with Crippen molar-refractivity contribution in [2.45, 2.75) is 26.7 Å². The second-order valence-corrected chi connectivity index (χ2v) is 4.99. The summed E-state index contributed by atoms with van der Waals surface area (Å²) in [5.41, 5.74) is 8.24. The van der Waals surface area contributed by atoms with Gasteiger partial charge >= 0.3 is 0 Å². The second-order valence-electron chi connectivity index (χ2n) is 4.14. The van der Waals surface area contributed by atoms with Crippen molar-refractivity contribution in [3.63, 3.8) is 0 Å². The molecule has 1 heterocycles. The van der Waals surface area contributed by atoms with Crippen molar-refractivity contribution < 1.29 is 4.39 Å². The van der Waals surface area contributed by atoms with E-state index in [1.54, 1.807) is 10.7 Å². The van der Waals surface area contributed by atoms with Crippen molar-refractivity contribution in [3.05, 3.63) is 33.7 Å². The molecule has 0 radical (unpaired) electrons. The molecule has 0 aliphatic rings. The van der Waals surface area contributed by atoms with Gasteiger partial charge in [-0.15, -0.1) is 5.10 Å². The average molecular weight is 313 g/mol. The normalized spacial score (nSPS) is 10.9. The Labute approximate surface area is 113 Å². The molecule has 0 aliphatic heterocycles. The molecule has 2 aromatic rings. The summed E-state index contributed by atoms with van der Waals surface area (Å²) in [5, 5.41) is 7.92. The highest BCUT2D eigenvalue weighted by molar-refractivity contribution is 9.10. The molecule has 0 fully saturated rings. The minimum absolute atomic E-state index is 0.290. The first kappa shape index (κ1) is 13.0. The van der Waals surface area contributed by atoms with Crippen LogP contribution >= 0.6 is 15.9 Å². The quantitative estimate of drug-likeness (QED) is 0.947. The van der Waals surface area contributed by atoms with Crippen molar-refractivity contribution in [2.75, 3.05) is 5.73 Å². The summed E-state index contributed by atoms with van der Waals surface area (Å²) in [6.07, 6.45) is 1.73. The van der Waals surface area contributed by atoms with E-state index in [0.29, 0.717) is 10.3 Å². The van der Waals surface area contributed by atoms with Crippen molar-refractivity contribution in [2.24, 2.45) is 0 Å². The smallest absolute Gasteiger partial charge is 0.169 e. The number of halogens is 2. The summed E-state index contributed by atoms with van der Waals surface area (Å²) in [4.78, 5) is 0. The molecule has 6 heteroatoms. The molecule has 2 rings (SSSR count). The third-order valence-corrected chi connectivity index (χ3v) is 3.35. The fourth-order valence-corrected chi connectivity index (χ4v) is 2.17. The van der Waals surface area contributed by atoms with E-state index in [1.807, 2.05) is 6.92 Å². The van der Waals surface area contributed by atoms with Crippen LogP contribution in [0, 0.1) is 12.7 Å². The Morgan fingerprint density at radius 1 is 1.44 bits per heavy atom. The Morgan fingerprint density at radius 3 is 2.83 bits per heavy atom. The number of hydrogen-bond acceptors (Lipinski definition) is 3. The first-order valence-corrected chi connectivity index (χ1v) is 6.50. The number of nitrogen functional groups attached to an aromatic ring is 1. The predicted molar refractivity (Wildman–Crippen MR) is 72.2 cm³/mol. The molecule has 0 spiro atoms. The van der Waals surface area contributed by atoms with Crippen molar-refractivity contribution in [1.82, 2.24) is 15.0 Å². The fraction of sp³-hybridized carbons (Fsp3) is 0.333. The number of anilines is 1. The lowest BCUT2D eigenvalue weighted by Gasteiger charge is -2.10. The first-order valence-electron chi connectivity index (χ1n) is 5.70. The predicted octanol–water partition coefficient (Wildman–Crippen LogP) is 3.01. The van der Waals surface area contributed by atoms with Gasteiger partial charge in [-0.2, -0.15) is 0 Å². The van der Waals surface area contributed by atoms with Crippen LogP contribution in [0.5, 0.6) is 0 Å². The lowest BCUT2D eigenvalue weighted by molar-refractivity contribution is 0.618. The van der Waals surface area contributed by atoms with Crippen LogP contribution < -0.4 is 5.73 Å². The Bertz CT molecular complexity index is 580. The van der Waals surface area contributed by atoms with Crippen LogP contribution in [0.25, 0.3) is 5.69 Å². The van der Waals surface area contributed by atoms with E-state index < -0.39 is 0 Å². The molecule has 1 aromatic carbocycles. The van der Waals surface area contributed by atoms with Crippen LogP contribution in [-0.4, -0.2) is 15.0 Å². The van der Waals surface area contributed by atoms with Gasteiger partial charge in [0.25, 0.3) is 0 Å². The number of nitrogens with two attached hydrogens (primary N) is 1. The molecule has 4 nitrogen and oxygen atoms in total. The van der Waals surface area contributed by atoms with Crippen molar-refractivity contribution in [1.29, 1.82) is 0 Å². The highest BCUT2D eigenvalue weighted by Crippen LogP contribution is 2.25. The van der Waals surface area contributed by atoms with E-state index in [4.69, 9.17) is 5.73 Å². The molecule has 0 saturated carbocycles. The SMILES string of the molecule is CCCc1c(N)nnn1-c1cc(Br)c(F)cc1C. The second kappa shape index (κ2) is 5.06. The fourth-order valence-electron chi connectivity index (χ4n) is 1.84. The standard InChI is InChI=1S/C12H14BrFN4/c1-3-4-10-12(15)16-17-18(10)11-6-8(13)9(14)5-7(11)2/h5-6H,3-4,15H2,1-2H3. The van der Waals surface area contributed by atoms with Gasteiger partial charge in [-0.25, -0.2) is 9.07 Å². The number of aromatic nitrogens is 3. The molecule has 0 aliphatic carbocycles. The molecule has 18 heavy (non-hydrogen) atoms. The monoisotopic (exact) mass is 312 g/mol. The molecular weight excluding hydrogens is 299 g/mol. The van der Waals surface area contributed by atoms with E-state index in [-0.39, 0.29) is 5.82 Å². The van der Waals surface area contributed by atoms with Crippen LogP contribution in [0.3, 0.4) is 0 Å². The van der Waals surface area contributed by atoms with Crippen LogP contribution in [0.4, 0.5) is 10.2 Å². The summed E-state index contributed by atoms with van der Waals surface area (Å²) >= 11 is 3.18. The van der Waals surface area contributed by atoms with E-state index in [0.717, 1.165) is 29.8 Å². The topological polar surface area (TPSA) is 56.7 Å². The maximum absolute atomic E-state index is 13.4. The van der Waals surface area contributed by atoms with E-state index in [2.05, 4.69) is 33.2 Å². The zero-order chi connectivity index (χ0) is 13.3. The number of aryl methyl sites for hydroxylation is 1. The van der Waals surface area contributed by atoms with E-state index >= 15 is 0 Å². The summed E-state index contributed by atoms with van der Waals surface area (Å²) in [6, 6.07) is 3.16. The molecule has 0 atom stereocenters. The van der Waals surface area contributed by atoms with Gasteiger partial charge in [0, 0.05) is 0 Å². The van der Waals surface area contributed by atoms with Gasteiger partial charge in [0.15, 0.2) is 5.82 Å². The van der Waals surface area contributed by atoms with Gasteiger partial charge in [0.05, 0.1) is 15.9 Å². The first-order chi connectivity index (χ1) is 8.54. The molecular formula is C12H14BrFN4. The molecule has 2 N–H and O–H groups in total. The zero-order valence-electron chi connectivity index (χ0n) is 10.2. The van der Waals surface area contributed by atoms with Gasteiger partial charge in [-0.05, 0) is 47.0 Å². The number of nitrogens with zero attached hydrogens (tertiary/aromatic N) is 3. The summed E-state index contributed by atoms with van der Waals surface area (Å²) < 4.78 is 15.5. The minimum Gasteiger partial charge on any atom is -0.381 e. The molecule has 96 valence electrons. The van der Waals surface area contributed by atoms with E-state index in [9.17, 15) is 4.39 Å². The van der Waals surface area contributed by atoms with Gasteiger partial charge in [0.1, 0.15) is 5.82 Å².